The Morgan fingerprint density at radius 3 is 2.57 bits per heavy atom. The highest BCUT2D eigenvalue weighted by molar-refractivity contribution is 6.19. The number of hydrogen-bond acceptors (Lipinski definition) is 6. The number of nitrogens with zero attached hydrogens (tertiary/aromatic N) is 1. The van der Waals surface area contributed by atoms with E-state index in [1.165, 1.54) is 20.3 Å². The average Bonchev–Trinajstić information content (AvgIpc) is 3.47. The molecule has 5 heterocycles. The van der Waals surface area contributed by atoms with Crippen LogP contribution in [-0.2, 0) is 14.3 Å². The van der Waals surface area contributed by atoms with Crippen LogP contribution in [0.4, 0.5) is 0 Å². The number of ketones is 1. The van der Waals surface area contributed by atoms with Gasteiger partial charge in [0.1, 0.15) is 0 Å². The molecule has 0 amide bonds. The molecular weight excluding hydrogens is 384 g/mol. The summed E-state index contributed by atoms with van der Waals surface area (Å²) >= 11 is 0. The molecule has 3 aliphatic rings. The molecule has 0 saturated heterocycles. The van der Waals surface area contributed by atoms with E-state index in [1.807, 2.05) is 18.2 Å². The molecule has 5 rings (SSSR count). The molecule has 0 fully saturated rings. The van der Waals surface area contributed by atoms with Crippen molar-refractivity contribution in [2.24, 2.45) is 4.99 Å². The van der Waals surface area contributed by atoms with Gasteiger partial charge in [-0.25, -0.2) is 4.99 Å². The van der Waals surface area contributed by atoms with Crippen LogP contribution in [0.2, 0.25) is 0 Å². The van der Waals surface area contributed by atoms with Crippen LogP contribution in [0, 0.1) is 0 Å². The van der Waals surface area contributed by atoms with Crippen LogP contribution < -0.4 is 26.7 Å². The van der Waals surface area contributed by atoms with Crippen molar-refractivity contribution in [3.63, 3.8) is 0 Å². The lowest BCUT2D eigenvalue weighted by Gasteiger charge is -2.23. The fraction of sp³-hybridized carbons (Fsp3) is 0.182. The Balaban J connectivity index is 1.80. The van der Waals surface area contributed by atoms with E-state index < -0.39 is 11.4 Å². The minimum Gasteiger partial charge on any atom is -0.493 e. The Kier molecular flexibility index (Phi) is 3.96. The van der Waals surface area contributed by atoms with Gasteiger partial charge in [-0.15, -0.1) is 0 Å². The van der Waals surface area contributed by atoms with Crippen LogP contribution in [0.3, 0.4) is 0 Å². The van der Waals surface area contributed by atoms with Gasteiger partial charge < -0.3 is 29.9 Å². The fourth-order valence-electron chi connectivity index (χ4n) is 3.87. The Bertz CT molecular complexity index is 1390. The minimum absolute atomic E-state index is 0.211. The van der Waals surface area contributed by atoms with Gasteiger partial charge in [-0.1, -0.05) is 0 Å². The van der Waals surface area contributed by atoms with Gasteiger partial charge in [0.2, 0.25) is 17.2 Å². The van der Waals surface area contributed by atoms with E-state index in [1.54, 1.807) is 36.4 Å². The van der Waals surface area contributed by atoms with E-state index in [4.69, 9.17) is 9.47 Å². The van der Waals surface area contributed by atoms with E-state index in [2.05, 4.69) is 20.3 Å². The summed E-state index contributed by atoms with van der Waals surface area (Å²) in [6.07, 6.45) is 10.1. The number of aliphatic hydroxyl groups is 1. The number of carbonyl (C=O) groups excluding carboxylic acids is 1. The summed E-state index contributed by atoms with van der Waals surface area (Å²) in [5, 5.41) is 17.0. The third-order valence-electron chi connectivity index (χ3n) is 5.29. The van der Waals surface area contributed by atoms with Crippen molar-refractivity contribution < 1.29 is 19.4 Å². The molecule has 2 unspecified atom stereocenters. The Morgan fingerprint density at radius 1 is 1.00 bits per heavy atom. The lowest BCUT2D eigenvalue weighted by molar-refractivity contribution is -0.129. The molecule has 4 N–H and O–H groups in total. The lowest BCUT2D eigenvalue weighted by Crippen LogP contribution is -2.47. The van der Waals surface area contributed by atoms with Gasteiger partial charge in [-0.05, 0) is 54.6 Å². The van der Waals surface area contributed by atoms with Gasteiger partial charge in [-0.2, -0.15) is 0 Å². The maximum atomic E-state index is 12.7. The molecule has 8 bridgehead atoms. The minimum atomic E-state index is -1.62. The molecule has 8 nitrogen and oxygen atoms in total. The average molecular weight is 404 g/mol. The van der Waals surface area contributed by atoms with Crippen molar-refractivity contribution in [2.45, 2.75) is 11.4 Å². The van der Waals surface area contributed by atoms with E-state index >= 15 is 0 Å². The summed E-state index contributed by atoms with van der Waals surface area (Å²) in [7, 11) is 2.97. The maximum absolute atomic E-state index is 12.7. The van der Waals surface area contributed by atoms with E-state index in [-0.39, 0.29) is 11.5 Å². The van der Waals surface area contributed by atoms with Crippen LogP contribution in [-0.4, -0.2) is 52.2 Å². The van der Waals surface area contributed by atoms with Crippen molar-refractivity contribution >= 4 is 35.5 Å². The number of carbonyl (C=O) groups is 1. The van der Waals surface area contributed by atoms with Crippen molar-refractivity contribution in [3.05, 3.63) is 69.6 Å². The number of nitrogens with one attached hydrogen (secondary N) is 3. The molecule has 2 aromatic heterocycles. The Morgan fingerprint density at radius 2 is 1.77 bits per heavy atom. The number of allylic oxidation sites excluding steroid dienone is 2. The molecule has 2 atom stereocenters. The molecule has 0 spiro atoms. The highest BCUT2D eigenvalue weighted by atomic mass is 16.5. The van der Waals surface area contributed by atoms with Crippen LogP contribution >= 0.6 is 0 Å². The Hall–Kier alpha value is -3.62. The SMILES string of the molecule is COC1=c2ccc([nH]2)=CC2=CC(=O)C(OC)(C=c3ccc([nH]3)=CC3=NC1(O)C=C3)N2. The second-order valence-corrected chi connectivity index (χ2v) is 7.29. The Labute approximate surface area is 170 Å². The summed E-state index contributed by atoms with van der Waals surface area (Å²) in [5.41, 5.74) is -1.75. The number of H-pyrrole nitrogens is 2. The zero-order chi connectivity index (χ0) is 20.9. The monoisotopic (exact) mass is 404 g/mol. The predicted molar refractivity (Wildman–Crippen MR) is 111 cm³/mol. The van der Waals surface area contributed by atoms with Crippen molar-refractivity contribution in [1.29, 1.82) is 0 Å². The highest BCUT2D eigenvalue weighted by Gasteiger charge is 2.40. The van der Waals surface area contributed by atoms with Crippen LogP contribution in [0.1, 0.15) is 0 Å². The third kappa shape index (κ3) is 2.85. The first-order valence-corrected chi connectivity index (χ1v) is 9.39. The standard InChI is InChI=1S/C22H20N4O4/c1-29-20-18-6-5-14(24-18)10-17-11-19(27)22(26-17,30-2)12-16-4-3-13(23-16)9-15-7-8-21(20,28)25-15/h3-12,23-24,26,28H,1-2H3. The van der Waals surface area contributed by atoms with Crippen LogP contribution in [0.5, 0.6) is 0 Å². The molecular formula is C22H20N4O4. The van der Waals surface area contributed by atoms with Crippen molar-refractivity contribution in [1.82, 2.24) is 15.3 Å². The number of aromatic amines is 2. The summed E-state index contributed by atoms with van der Waals surface area (Å²) in [6, 6.07) is 7.32. The first-order chi connectivity index (χ1) is 14.4. The van der Waals surface area contributed by atoms with Crippen molar-refractivity contribution in [3.8, 4) is 0 Å². The first-order valence-electron chi connectivity index (χ1n) is 9.39. The zero-order valence-electron chi connectivity index (χ0n) is 16.4. The van der Waals surface area contributed by atoms with E-state index in [0.29, 0.717) is 27.5 Å². The maximum Gasteiger partial charge on any atom is 0.237 e. The molecule has 2 aromatic rings. The molecule has 152 valence electrons. The second kappa shape index (κ2) is 6.45. The van der Waals surface area contributed by atoms with Gasteiger partial charge in [0, 0.05) is 34.9 Å². The van der Waals surface area contributed by atoms with Gasteiger partial charge in [0.25, 0.3) is 0 Å². The third-order valence-corrected chi connectivity index (χ3v) is 5.29. The summed E-state index contributed by atoms with van der Waals surface area (Å²) in [4.78, 5) is 23.6. The lowest BCUT2D eigenvalue weighted by atomic mass is 10.1. The van der Waals surface area contributed by atoms with Crippen LogP contribution in [0.15, 0.2) is 53.2 Å². The quantitative estimate of drug-likeness (QED) is 0.475. The number of ether oxygens (including phenoxy) is 2. The largest absolute Gasteiger partial charge is 0.493 e. The van der Waals surface area contributed by atoms with Gasteiger partial charge >= 0.3 is 0 Å². The number of methoxy groups -OCH3 is 2. The summed E-state index contributed by atoms with van der Waals surface area (Å²) in [5.74, 6) is 0.0578. The summed E-state index contributed by atoms with van der Waals surface area (Å²) in [6.45, 7) is 0. The number of aromatic nitrogens is 2. The zero-order valence-corrected chi connectivity index (χ0v) is 16.4. The second-order valence-electron chi connectivity index (χ2n) is 7.29. The highest BCUT2D eigenvalue weighted by Crippen LogP contribution is 2.26. The van der Waals surface area contributed by atoms with Gasteiger partial charge in [0.15, 0.2) is 5.76 Å². The molecule has 0 aliphatic carbocycles. The van der Waals surface area contributed by atoms with Crippen LogP contribution in [0.25, 0.3) is 24.0 Å². The fourth-order valence-corrected chi connectivity index (χ4v) is 3.87. The van der Waals surface area contributed by atoms with E-state index in [0.717, 1.165) is 5.35 Å². The number of rotatable bonds is 2. The van der Waals surface area contributed by atoms with Gasteiger partial charge in [0.05, 0.1) is 18.2 Å². The smallest absolute Gasteiger partial charge is 0.237 e. The molecule has 8 heteroatoms. The number of fused-ring (bicyclic) bond motifs is 7. The molecule has 0 radical (unpaired) electrons. The first kappa shape index (κ1) is 18.4. The number of hydrogen-bond donors (Lipinski definition) is 4. The summed E-state index contributed by atoms with van der Waals surface area (Å²) < 4.78 is 11.1. The van der Waals surface area contributed by atoms with E-state index in [9.17, 15) is 9.90 Å². The van der Waals surface area contributed by atoms with Gasteiger partial charge in [-0.3, -0.25) is 4.79 Å². The van der Waals surface area contributed by atoms with Crippen molar-refractivity contribution in [2.75, 3.05) is 14.2 Å². The normalized spacial score (nSPS) is 26.9. The topological polar surface area (TPSA) is 112 Å². The molecule has 0 saturated carbocycles. The predicted octanol–water partition coefficient (Wildman–Crippen LogP) is -1.75. The molecule has 0 aromatic carbocycles. The molecule has 3 aliphatic heterocycles. The molecule has 30 heavy (non-hydrogen) atoms. The number of aliphatic imine (C=N–C) groups is 1.